The van der Waals surface area contributed by atoms with E-state index in [1.54, 1.807) is 0 Å². The van der Waals surface area contributed by atoms with Crippen molar-refractivity contribution in [1.29, 1.82) is 5.26 Å². The van der Waals surface area contributed by atoms with Crippen LogP contribution in [0.4, 0.5) is 5.69 Å². The minimum absolute atomic E-state index is 0.282. The predicted molar refractivity (Wildman–Crippen MR) is 68.9 cm³/mol. The van der Waals surface area contributed by atoms with Gasteiger partial charge < -0.3 is 10.6 Å². The molecule has 0 amide bonds. The highest BCUT2D eigenvalue weighted by Crippen LogP contribution is 2.31. The van der Waals surface area contributed by atoms with Crippen molar-refractivity contribution in [1.82, 2.24) is 0 Å². The van der Waals surface area contributed by atoms with E-state index in [-0.39, 0.29) is 6.04 Å². The number of nitrogens with two attached hydrogens (primary N) is 1. The molecule has 2 aromatic rings. The topological polar surface area (TPSA) is 53.0 Å². The lowest BCUT2D eigenvalue weighted by Crippen LogP contribution is -2.55. The van der Waals surface area contributed by atoms with Crippen molar-refractivity contribution in [3.63, 3.8) is 0 Å². The Balaban J connectivity index is 2.18. The maximum absolute atomic E-state index is 9.09. The first-order valence-electron chi connectivity index (χ1n) is 5.72. The second kappa shape index (κ2) is 3.76. The van der Waals surface area contributed by atoms with Crippen LogP contribution < -0.4 is 10.6 Å². The van der Waals surface area contributed by atoms with Crippen molar-refractivity contribution in [2.45, 2.75) is 6.04 Å². The molecule has 2 N–H and O–H groups in total. The van der Waals surface area contributed by atoms with Crippen LogP contribution in [0.5, 0.6) is 0 Å². The second-order valence-electron chi connectivity index (χ2n) is 4.45. The maximum atomic E-state index is 9.09. The van der Waals surface area contributed by atoms with Crippen molar-refractivity contribution in [2.75, 3.05) is 18.0 Å². The molecule has 1 fully saturated rings. The molecule has 0 aliphatic carbocycles. The van der Waals surface area contributed by atoms with E-state index in [2.05, 4.69) is 17.0 Å². The molecule has 0 aromatic heterocycles. The largest absolute Gasteiger partial charge is 0.368 e. The summed E-state index contributed by atoms with van der Waals surface area (Å²) in [7, 11) is 0. The average molecular weight is 223 g/mol. The SMILES string of the molecule is N#Cc1ccc(N2CC(N)C2)c2ccccc12. The minimum Gasteiger partial charge on any atom is -0.368 e. The number of fused-ring (bicyclic) bond motifs is 1. The zero-order valence-electron chi connectivity index (χ0n) is 9.43. The van der Waals surface area contributed by atoms with Crippen LogP contribution in [0.25, 0.3) is 10.8 Å². The molecule has 0 bridgehead atoms. The zero-order chi connectivity index (χ0) is 11.8. The molecule has 1 heterocycles. The Labute approximate surface area is 100 Å². The summed E-state index contributed by atoms with van der Waals surface area (Å²) in [5.41, 5.74) is 7.72. The molecule has 0 spiro atoms. The highest BCUT2D eigenvalue weighted by Gasteiger charge is 2.24. The maximum Gasteiger partial charge on any atom is 0.0998 e. The summed E-state index contributed by atoms with van der Waals surface area (Å²) in [6.45, 7) is 1.80. The Morgan fingerprint density at radius 2 is 1.82 bits per heavy atom. The molecule has 17 heavy (non-hydrogen) atoms. The molecule has 1 aliphatic rings. The Morgan fingerprint density at radius 3 is 2.47 bits per heavy atom. The number of hydrogen-bond acceptors (Lipinski definition) is 3. The third kappa shape index (κ3) is 1.54. The molecule has 0 saturated carbocycles. The first-order chi connectivity index (χ1) is 8.29. The highest BCUT2D eigenvalue weighted by atomic mass is 15.2. The van der Waals surface area contributed by atoms with Gasteiger partial charge in [0, 0.05) is 35.6 Å². The van der Waals surface area contributed by atoms with Crippen LogP contribution in [-0.2, 0) is 0 Å². The lowest BCUT2D eigenvalue weighted by Gasteiger charge is -2.39. The molecule has 2 aromatic carbocycles. The average Bonchev–Trinajstić information content (AvgIpc) is 2.34. The summed E-state index contributed by atoms with van der Waals surface area (Å²) in [5, 5.41) is 11.3. The number of nitrogens with zero attached hydrogens (tertiary/aromatic N) is 2. The monoisotopic (exact) mass is 223 g/mol. The van der Waals surface area contributed by atoms with Gasteiger partial charge in [0.2, 0.25) is 0 Å². The molecule has 0 radical (unpaired) electrons. The van der Waals surface area contributed by atoms with Gasteiger partial charge in [0.1, 0.15) is 0 Å². The van der Waals surface area contributed by atoms with Crippen molar-refractivity contribution >= 4 is 16.5 Å². The van der Waals surface area contributed by atoms with Crippen molar-refractivity contribution in [2.24, 2.45) is 5.73 Å². The van der Waals surface area contributed by atoms with Gasteiger partial charge >= 0.3 is 0 Å². The van der Waals surface area contributed by atoms with E-state index in [1.807, 2.05) is 30.3 Å². The summed E-state index contributed by atoms with van der Waals surface area (Å²) in [4.78, 5) is 2.26. The zero-order valence-corrected chi connectivity index (χ0v) is 9.43. The number of rotatable bonds is 1. The summed E-state index contributed by atoms with van der Waals surface area (Å²) in [5.74, 6) is 0. The first-order valence-corrected chi connectivity index (χ1v) is 5.72. The van der Waals surface area contributed by atoms with Crippen LogP contribution in [-0.4, -0.2) is 19.1 Å². The number of benzene rings is 2. The van der Waals surface area contributed by atoms with E-state index < -0.39 is 0 Å². The van der Waals surface area contributed by atoms with Crippen molar-refractivity contribution < 1.29 is 0 Å². The van der Waals surface area contributed by atoms with Gasteiger partial charge in [-0.25, -0.2) is 0 Å². The van der Waals surface area contributed by atoms with Crippen LogP contribution in [0.1, 0.15) is 5.56 Å². The lowest BCUT2D eigenvalue weighted by molar-refractivity contribution is 0.521. The summed E-state index contributed by atoms with van der Waals surface area (Å²) in [6.07, 6.45) is 0. The fourth-order valence-corrected chi connectivity index (χ4v) is 2.37. The third-order valence-corrected chi connectivity index (χ3v) is 3.27. The normalized spacial score (nSPS) is 15.6. The smallest absolute Gasteiger partial charge is 0.0998 e. The molecule has 1 aliphatic heterocycles. The number of nitriles is 1. The molecule has 3 rings (SSSR count). The number of anilines is 1. The van der Waals surface area contributed by atoms with E-state index in [0.717, 1.165) is 29.4 Å². The van der Waals surface area contributed by atoms with E-state index in [1.165, 1.54) is 5.69 Å². The van der Waals surface area contributed by atoms with Crippen LogP contribution in [0.3, 0.4) is 0 Å². The number of hydrogen-bond donors (Lipinski definition) is 1. The molecular formula is C14H13N3. The van der Waals surface area contributed by atoms with Crippen LogP contribution in [0.2, 0.25) is 0 Å². The molecule has 1 saturated heterocycles. The van der Waals surface area contributed by atoms with Crippen molar-refractivity contribution in [3.8, 4) is 6.07 Å². The lowest BCUT2D eigenvalue weighted by atomic mass is 10.0. The second-order valence-corrected chi connectivity index (χ2v) is 4.45. The molecule has 3 nitrogen and oxygen atoms in total. The fraction of sp³-hybridized carbons (Fsp3) is 0.214. The van der Waals surface area contributed by atoms with Gasteiger partial charge in [-0.15, -0.1) is 0 Å². The van der Waals surface area contributed by atoms with E-state index >= 15 is 0 Å². The van der Waals surface area contributed by atoms with Gasteiger partial charge in [-0.1, -0.05) is 24.3 Å². The van der Waals surface area contributed by atoms with Crippen LogP contribution in [0, 0.1) is 11.3 Å². The van der Waals surface area contributed by atoms with Gasteiger partial charge in [-0.2, -0.15) is 5.26 Å². The van der Waals surface area contributed by atoms with Gasteiger partial charge in [-0.05, 0) is 12.1 Å². The minimum atomic E-state index is 0.282. The Bertz CT molecular complexity index is 606. The quantitative estimate of drug-likeness (QED) is 0.802. The van der Waals surface area contributed by atoms with E-state index in [0.29, 0.717) is 0 Å². The molecule has 84 valence electrons. The third-order valence-electron chi connectivity index (χ3n) is 3.27. The van der Waals surface area contributed by atoms with Gasteiger partial charge in [0.25, 0.3) is 0 Å². The van der Waals surface area contributed by atoms with Gasteiger partial charge in [0.15, 0.2) is 0 Å². The summed E-state index contributed by atoms with van der Waals surface area (Å²) >= 11 is 0. The fourth-order valence-electron chi connectivity index (χ4n) is 2.37. The van der Waals surface area contributed by atoms with E-state index in [9.17, 15) is 0 Å². The summed E-state index contributed by atoms with van der Waals surface area (Å²) < 4.78 is 0. The molecule has 0 unspecified atom stereocenters. The predicted octanol–water partition coefficient (Wildman–Crippen LogP) is 1.86. The first kappa shape index (κ1) is 10.1. The summed E-state index contributed by atoms with van der Waals surface area (Å²) in [6, 6.07) is 14.5. The molecular weight excluding hydrogens is 210 g/mol. The molecule has 0 atom stereocenters. The van der Waals surface area contributed by atoms with Gasteiger partial charge in [-0.3, -0.25) is 0 Å². The van der Waals surface area contributed by atoms with Crippen LogP contribution in [0.15, 0.2) is 36.4 Å². The Morgan fingerprint density at radius 1 is 1.12 bits per heavy atom. The highest BCUT2D eigenvalue weighted by molar-refractivity contribution is 5.98. The standard InChI is InChI=1S/C14H13N3/c15-7-10-5-6-14(17-8-11(16)9-17)13-4-2-1-3-12(10)13/h1-6,11H,8-9,16H2. The Hall–Kier alpha value is -2.05. The molecule has 3 heteroatoms. The van der Waals surface area contributed by atoms with E-state index in [4.69, 9.17) is 11.0 Å². The van der Waals surface area contributed by atoms with Crippen molar-refractivity contribution in [3.05, 3.63) is 42.0 Å². The van der Waals surface area contributed by atoms with Gasteiger partial charge in [0.05, 0.1) is 11.6 Å². The Kier molecular flexibility index (Phi) is 2.24. The van der Waals surface area contributed by atoms with Crippen LogP contribution >= 0.6 is 0 Å².